The average Bonchev–Trinajstić information content (AvgIpc) is 3.18. The molecule has 1 N–H and O–H groups in total. The van der Waals surface area contributed by atoms with Crippen molar-refractivity contribution in [2.24, 2.45) is 7.05 Å². The Morgan fingerprint density at radius 2 is 1.79 bits per heavy atom. The Balaban J connectivity index is 1.40. The van der Waals surface area contributed by atoms with Gasteiger partial charge in [-0.2, -0.15) is 5.10 Å². The predicted molar refractivity (Wildman–Crippen MR) is 128 cm³/mol. The predicted octanol–water partition coefficient (Wildman–Crippen LogP) is 5.18. The molecule has 2 aromatic carbocycles. The zero-order valence-corrected chi connectivity index (χ0v) is 19.7. The van der Waals surface area contributed by atoms with E-state index in [1.165, 1.54) is 10.9 Å². The number of carbonyl (C=O) groups is 2. The number of ether oxygens (including phenoxy) is 1. The summed E-state index contributed by atoms with van der Waals surface area (Å²) in [5, 5.41) is 7.98. The molecule has 1 aromatic heterocycles. The molecular weight excluding hydrogens is 463 g/mol. The lowest BCUT2D eigenvalue weighted by Gasteiger charge is -2.27. The van der Waals surface area contributed by atoms with E-state index in [1.54, 1.807) is 37.4 Å². The maximum absolute atomic E-state index is 13.0. The highest BCUT2D eigenvalue weighted by Gasteiger charge is 2.25. The van der Waals surface area contributed by atoms with Gasteiger partial charge in [0.25, 0.3) is 11.8 Å². The van der Waals surface area contributed by atoms with Crippen molar-refractivity contribution in [1.82, 2.24) is 14.7 Å². The number of rotatable bonds is 6. The summed E-state index contributed by atoms with van der Waals surface area (Å²) in [4.78, 5) is 27.6. The summed E-state index contributed by atoms with van der Waals surface area (Å²) in [7, 11) is 1.70. The fourth-order valence-electron chi connectivity index (χ4n) is 3.73. The molecule has 172 valence electrons. The normalized spacial score (nSPS) is 13.6. The van der Waals surface area contributed by atoms with Crippen LogP contribution in [0.3, 0.4) is 0 Å². The highest BCUT2D eigenvalue weighted by Crippen LogP contribution is 2.28. The number of piperidine rings is 1. The van der Waals surface area contributed by atoms with Gasteiger partial charge in [0.05, 0.1) is 16.9 Å². The number of nitrogens with one attached hydrogen (secondary N) is 1. The molecule has 3 aromatic rings. The highest BCUT2D eigenvalue weighted by molar-refractivity contribution is 6.35. The second-order valence-corrected chi connectivity index (χ2v) is 8.74. The molecule has 2 amide bonds. The number of carbonyl (C=O) groups excluding carboxylic acids is 2. The third-order valence-electron chi connectivity index (χ3n) is 5.54. The lowest BCUT2D eigenvalue weighted by Crippen LogP contribution is -2.37. The molecule has 0 radical (unpaired) electrons. The number of anilines is 1. The van der Waals surface area contributed by atoms with Crippen molar-refractivity contribution in [3.63, 3.8) is 0 Å². The van der Waals surface area contributed by atoms with E-state index in [0.717, 1.165) is 37.9 Å². The zero-order valence-electron chi connectivity index (χ0n) is 18.2. The number of amides is 2. The van der Waals surface area contributed by atoms with Gasteiger partial charge in [0, 0.05) is 30.7 Å². The SMILES string of the molecule is Cn1ncc(NC(=O)c2ccc(COc3ccc(Cl)cc3Cl)cc2)c1C(=O)N1CCCCC1. The Labute approximate surface area is 202 Å². The molecule has 0 bridgehead atoms. The Morgan fingerprint density at radius 1 is 1.06 bits per heavy atom. The average molecular weight is 487 g/mol. The van der Waals surface area contributed by atoms with E-state index in [1.807, 2.05) is 17.0 Å². The van der Waals surface area contributed by atoms with E-state index >= 15 is 0 Å². The summed E-state index contributed by atoms with van der Waals surface area (Å²) >= 11 is 12.0. The Hall–Kier alpha value is -3.03. The van der Waals surface area contributed by atoms with Crippen LogP contribution in [0.15, 0.2) is 48.7 Å². The van der Waals surface area contributed by atoms with Gasteiger partial charge in [-0.15, -0.1) is 0 Å². The van der Waals surface area contributed by atoms with Gasteiger partial charge in [-0.1, -0.05) is 35.3 Å². The molecule has 0 atom stereocenters. The van der Waals surface area contributed by atoms with Crippen LogP contribution in [0.5, 0.6) is 5.75 Å². The van der Waals surface area contributed by atoms with Crippen LogP contribution in [-0.2, 0) is 13.7 Å². The molecule has 1 aliphatic rings. The van der Waals surface area contributed by atoms with Crippen molar-refractivity contribution in [1.29, 1.82) is 0 Å². The van der Waals surface area contributed by atoms with Crippen molar-refractivity contribution < 1.29 is 14.3 Å². The fraction of sp³-hybridized carbons (Fsp3) is 0.292. The van der Waals surface area contributed by atoms with Crippen LogP contribution in [-0.4, -0.2) is 39.6 Å². The van der Waals surface area contributed by atoms with Crippen molar-refractivity contribution >= 4 is 40.7 Å². The summed E-state index contributed by atoms with van der Waals surface area (Å²) < 4.78 is 7.24. The van der Waals surface area contributed by atoms with Gasteiger partial charge in [0.15, 0.2) is 0 Å². The summed E-state index contributed by atoms with van der Waals surface area (Å²) in [6.45, 7) is 1.74. The molecule has 9 heteroatoms. The van der Waals surface area contributed by atoms with Crippen molar-refractivity contribution in [3.05, 3.63) is 75.5 Å². The molecular formula is C24H24Cl2N4O3. The Morgan fingerprint density at radius 3 is 2.48 bits per heavy atom. The molecule has 7 nitrogen and oxygen atoms in total. The third-order valence-corrected chi connectivity index (χ3v) is 6.07. The molecule has 0 aliphatic carbocycles. The maximum atomic E-state index is 13.0. The molecule has 4 rings (SSSR count). The van der Waals surface area contributed by atoms with Gasteiger partial charge in [-0.3, -0.25) is 14.3 Å². The van der Waals surface area contributed by atoms with Crippen LogP contribution >= 0.6 is 23.2 Å². The second kappa shape index (κ2) is 10.3. The van der Waals surface area contributed by atoms with Gasteiger partial charge in [0.2, 0.25) is 0 Å². The zero-order chi connectivity index (χ0) is 23.4. The number of aromatic nitrogens is 2. The van der Waals surface area contributed by atoms with Gasteiger partial charge in [-0.05, 0) is 55.2 Å². The monoisotopic (exact) mass is 486 g/mol. The van der Waals surface area contributed by atoms with Crippen LogP contribution in [0.4, 0.5) is 5.69 Å². The number of hydrogen-bond acceptors (Lipinski definition) is 4. The van der Waals surface area contributed by atoms with E-state index in [-0.39, 0.29) is 11.8 Å². The van der Waals surface area contributed by atoms with E-state index in [0.29, 0.717) is 39.3 Å². The van der Waals surface area contributed by atoms with Crippen LogP contribution in [0.25, 0.3) is 0 Å². The van der Waals surface area contributed by atoms with Crippen LogP contribution in [0.2, 0.25) is 10.0 Å². The molecule has 33 heavy (non-hydrogen) atoms. The number of hydrogen-bond donors (Lipinski definition) is 1. The third kappa shape index (κ3) is 5.49. The molecule has 1 aliphatic heterocycles. The first kappa shape index (κ1) is 23.1. The molecule has 1 fully saturated rings. The van der Waals surface area contributed by atoms with Crippen LogP contribution in [0, 0.1) is 0 Å². The van der Waals surface area contributed by atoms with Crippen molar-refractivity contribution in [3.8, 4) is 5.75 Å². The van der Waals surface area contributed by atoms with Crippen molar-refractivity contribution in [2.45, 2.75) is 25.9 Å². The van der Waals surface area contributed by atoms with Gasteiger partial charge < -0.3 is 15.0 Å². The minimum Gasteiger partial charge on any atom is -0.487 e. The molecule has 0 saturated carbocycles. The Bertz CT molecular complexity index is 1160. The van der Waals surface area contributed by atoms with E-state index in [9.17, 15) is 9.59 Å². The lowest BCUT2D eigenvalue weighted by atomic mass is 10.1. The molecule has 0 spiro atoms. The smallest absolute Gasteiger partial charge is 0.274 e. The van der Waals surface area contributed by atoms with E-state index < -0.39 is 0 Å². The van der Waals surface area contributed by atoms with Crippen molar-refractivity contribution in [2.75, 3.05) is 18.4 Å². The summed E-state index contributed by atoms with van der Waals surface area (Å²) in [5.74, 6) is 0.104. The maximum Gasteiger partial charge on any atom is 0.274 e. The summed E-state index contributed by atoms with van der Waals surface area (Å²) in [6, 6.07) is 12.1. The fourth-order valence-corrected chi connectivity index (χ4v) is 4.19. The topological polar surface area (TPSA) is 76.5 Å². The molecule has 0 unspecified atom stereocenters. The number of halogens is 2. The number of aryl methyl sites for hydroxylation is 1. The lowest BCUT2D eigenvalue weighted by molar-refractivity contribution is 0.0714. The number of likely N-dealkylation sites (tertiary alicyclic amines) is 1. The molecule has 2 heterocycles. The van der Waals surface area contributed by atoms with Crippen LogP contribution in [0.1, 0.15) is 45.7 Å². The minimum atomic E-state index is -0.316. The van der Waals surface area contributed by atoms with Crippen LogP contribution < -0.4 is 10.1 Å². The second-order valence-electron chi connectivity index (χ2n) is 7.90. The first-order chi connectivity index (χ1) is 15.9. The Kier molecular flexibility index (Phi) is 7.20. The quantitative estimate of drug-likeness (QED) is 0.520. The largest absolute Gasteiger partial charge is 0.487 e. The van der Waals surface area contributed by atoms with E-state index in [2.05, 4.69) is 10.4 Å². The number of nitrogens with zero attached hydrogens (tertiary/aromatic N) is 3. The number of benzene rings is 2. The summed E-state index contributed by atoms with van der Waals surface area (Å²) in [5.41, 5.74) is 2.13. The van der Waals surface area contributed by atoms with E-state index in [4.69, 9.17) is 27.9 Å². The minimum absolute atomic E-state index is 0.113. The standard InChI is InChI=1S/C24H24Cl2N4O3/c1-29-22(24(32)30-11-3-2-4-12-30)20(14-27-29)28-23(31)17-7-5-16(6-8-17)15-33-21-10-9-18(25)13-19(21)26/h5-10,13-14H,2-4,11-12,15H2,1H3,(H,28,31). The van der Waals surface area contributed by atoms with Gasteiger partial charge >= 0.3 is 0 Å². The summed E-state index contributed by atoms with van der Waals surface area (Å²) in [6.07, 6.45) is 4.62. The first-order valence-electron chi connectivity index (χ1n) is 10.7. The van der Waals surface area contributed by atoms with Gasteiger partial charge in [-0.25, -0.2) is 0 Å². The first-order valence-corrected chi connectivity index (χ1v) is 11.5. The highest BCUT2D eigenvalue weighted by atomic mass is 35.5. The molecule has 1 saturated heterocycles. The van der Waals surface area contributed by atoms with Gasteiger partial charge in [0.1, 0.15) is 18.1 Å².